The quantitative estimate of drug-likeness (QED) is 0.510. The average molecular weight is 392 g/mol. The van der Waals surface area contributed by atoms with Gasteiger partial charge in [0.2, 0.25) is 5.91 Å². The van der Waals surface area contributed by atoms with Crippen LogP contribution in [-0.2, 0) is 11.2 Å². The summed E-state index contributed by atoms with van der Waals surface area (Å²) >= 11 is 0. The van der Waals surface area contributed by atoms with E-state index in [9.17, 15) is 9.59 Å². The largest absolute Gasteiger partial charge is 0.464 e. The first-order chi connectivity index (χ1) is 14.1. The molecule has 1 aromatic carbocycles. The van der Waals surface area contributed by atoms with E-state index in [0.29, 0.717) is 17.1 Å². The number of nitrogens with zero attached hydrogens (tertiary/aromatic N) is 1. The Labute approximate surface area is 168 Å². The first-order valence-corrected chi connectivity index (χ1v) is 10.2. The minimum atomic E-state index is -0.429. The number of carbonyl (C=O) groups is 1. The predicted molar refractivity (Wildman–Crippen MR) is 110 cm³/mol. The number of aryl methyl sites for hydroxylation is 1. The number of fused-ring (bicyclic) bond motifs is 2. The lowest BCUT2D eigenvalue weighted by atomic mass is 9.84. The molecule has 0 radical (unpaired) electrons. The van der Waals surface area contributed by atoms with Crippen molar-refractivity contribution in [2.75, 3.05) is 6.54 Å². The molecule has 150 valence electrons. The molecule has 1 amide bonds. The van der Waals surface area contributed by atoms with Crippen LogP contribution >= 0.6 is 0 Å². The van der Waals surface area contributed by atoms with Crippen LogP contribution in [-0.4, -0.2) is 12.5 Å². The summed E-state index contributed by atoms with van der Waals surface area (Å²) < 4.78 is 11.3. The molecular formula is C23H24N2O4. The molecule has 3 aromatic rings. The van der Waals surface area contributed by atoms with Gasteiger partial charge in [-0.1, -0.05) is 19.3 Å². The lowest BCUT2D eigenvalue weighted by Crippen LogP contribution is -2.24. The Morgan fingerprint density at radius 1 is 1.21 bits per heavy atom. The van der Waals surface area contributed by atoms with Gasteiger partial charge in [0.15, 0.2) is 0 Å². The summed E-state index contributed by atoms with van der Waals surface area (Å²) in [5.74, 6) is 0.261. The Morgan fingerprint density at radius 3 is 2.76 bits per heavy atom. The number of hydrogen-bond acceptors (Lipinski definition) is 5. The lowest BCUT2D eigenvalue weighted by molar-refractivity contribution is -0.120. The van der Waals surface area contributed by atoms with Crippen LogP contribution in [0.5, 0.6) is 0 Å². The summed E-state index contributed by atoms with van der Waals surface area (Å²) in [6, 6.07) is 5.73. The van der Waals surface area contributed by atoms with E-state index < -0.39 is 5.63 Å². The van der Waals surface area contributed by atoms with Crippen LogP contribution in [0.1, 0.15) is 61.1 Å². The van der Waals surface area contributed by atoms with E-state index in [4.69, 9.17) is 14.1 Å². The second kappa shape index (κ2) is 8.12. The van der Waals surface area contributed by atoms with Crippen LogP contribution in [0.25, 0.3) is 21.9 Å². The van der Waals surface area contributed by atoms with Gasteiger partial charge in [0.25, 0.3) is 0 Å². The summed E-state index contributed by atoms with van der Waals surface area (Å²) in [6.07, 6.45) is 8.42. The van der Waals surface area contributed by atoms with Crippen LogP contribution in [0, 0.1) is 18.3 Å². The van der Waals surface area contributed by atoms with Crippen molar-refractivity contribution >= 4 is 27.8 Å². The van der Waals surface area contributed by atoms with E-state index in [1.807, 2.05) is 19.3 Å². The molecule has 0 atom stereocenters. The maximum Gasteiger partial charge on any atom is 0.339 e. The summed E-state index contributed by atoms with van der Waals surface area (Å²) in [4.78, 5) is 24.3. The molecule has 1 N–H and O–H groups in total. The molecule has 29 heavy (non-hydrogen) atoms. The van der Waals surface area contributed by atoms with E-state index >= 15 is 0 Å². The summed E-state index contributed by atoms with van der Waals surface area (Å²) in [6.45, 7) is 1.86. The van der Waals surface area contributed by atoms with E-state index in [1.165, 1.54) is 37.7 Å². The highest BCUT2D eigenvalue weighted by Gasteiger charge is 2.21. The summed E-state index contributed by atoms with van der Waals surface area (Å²) in [5.41, 5.74) is 3.39. The number of furan rings is 1. The number of hydrogen-bond donors (Lipinski definition) is 1. The molecule has 2 heterocycles. The van der Waals surface area contributed by atoms with Gasteiger partial charge in [-0.05, 0) is 43.7 Å². The van der Waals surface area contributed by atoms with Gasteiger partial charge in [0, 0.05) is 34.4 Å². The van der Waals surface area contributed by atoms with Crippen molar-refractivity contribution in [3.8, 4) is 6.07 Å². The SMILES string of the molecule is Cc1c(CCC(=O)NCC#N)c(=O)oc2cc3occ(C4CCCCC4)c3cc12. The van der Waals surface area contributed by atoms with Crippen LogP contribution in [0.15, 0.2) is 32.0 Å². The summed E-state index contributed by atoms with van der Waals surface area (Å²) in [7, 11) is 0. The molecule has 0 unspecified atom stereocenters. The van der Waals surface area contributed by atoms with E-state index in [1.54, 1.807) is 6.07 Å². The molecule has 4 rings (SSSR count). The van der Waals surface area contributed by atoms with Gasteiger partial charge in [-0.2, -0.15) is 5.26 Å². The van der Waals surface area contributed by atoms with Gasteiger partial charge in [-0.25, -0.2) is 4.79 Å². The number of amides is 1. The number of nitrogens with one attached hydrogen (secondary N) is 1. The van der Waals surface area contributed by atoms with E-state index in [2.05, 4.69) is 11.4 Å². The van der Waals surface area contributed by atoms with Crippen LogP contribution in [0.4, 0.5) is 0 Å². The van der Waals surface area contributed by atoms with Crippen molar-refractivity contribution in [3.05, 3.63) is 45.5 Å². The number of benzene rings is 1. The van der Waals surface area contributed by atoms with Gasteiger partial charge in [0.1, 0.15) is 17.7 Å². The first kappa shape index (κ1) is 19.3. The lowest BCUT2D eigenvalue weighted by Gasteiger charge is -2.20. The fourth-order valence-corrected chi connectivity index (χ4v) is 4.41. The minimum absolute atomic E-state index is 0.0352. The zero-order valence-corrected chi connectivity index (χ0v) is 16.5. The highest BCUT2D eigenvalue weighted by Crippen LogP contribution is 2.39. The van der Waals surface area contributed by atoms with Crippen LogP contribution < -0.4 is 10.9 Å². The van der Waals surface area contributed by atoms with Gasteiger partial charge in [0.05, 0.1) is 12.3 Å². The predicted octanol–water partition coefficient (Wildman–Crippen LogP) is 4.47. The molecule has 1 fully saturated rings. The van der Waals surface area contributed by atoms with Gasteiger partial charge in [-0.3, -0.25) is 4.79 Å². The zero-order chi connectivity index (χ0) is 20.4. The highest BCUT2D eigenvalue weighted by atomic mass is 16.4. The van der Waals surface area contributed by atoms with Crippen molar-refractivity contribution in [3.63, 3.8) is 0 Å². The molecule has 2 aromatic heterocycles. The molecule has 1 saturated carbocycles. The highest BCUT2D eigenvalue weighted by molar-refractivity contribution is 5.96. The molecule has 0 saturated heterocycles. The fourth-order valence-electron chi connectivity index (χ4n) is 4.41. The summed E-state index contributed by atoms with van der Waals surface area (Å²) in [5, 5.41) is 13.0. The monoisotopic (exact) mass is 392 g/mol. The fraction of sp³-hybridized carbons (Fsp3) is 0.435. The molecular weight excluding hydrogens is 368 g/mol. The normalized spacial score (nSPS) is 14.9. The second-order valence-corrected chi connectivity index (χ2v) is 7.80. The first-order valence-electron chi connectivity index (χ1n) is 10.2. The molecule has 6 heteroatoms. The average Bonchev–Trinajstić information content (AvgIpc) is 3.14. The topological polar surface area (TPSA) is 96.2 Å². The maximum atomic E-state index is 12.5. The van der Waals surface area contributed by atoms with Crippen molar-refractivity contribution in [1.29, 1.82) is 5.26 Å². The van der Waals surface area contributed by atoms with Crippen LogP contribution in [0.3, 0.4) is 0 Å². The van der Waals surface area contributed by atoms with Crippen LogP contribution in [0.2, 0.25) is 0 Å². The molecule has 1 aliphatic rings. The van der Waals surface area contributed by atoms with Gasteiger partial charge in [-0.15, -0.1) is 0 Å². The third kappa shape index (κ3) is 3.77. The maximum absolute atomic E-state index is 12.5. The Morgan fingerprint density at radius 2 is 2.00 bits per heavy atom. The molecule has 1 aliphatic carbocycles. The zero-order valence-electron chi connectivity index (χ0n) is 16.5. The molecule has 0 aliphatic heterocycles. The van der Waals surface area contributed by atoms with Gasteiger partial charge >= 0.3 is 5.63 Å². The third-order valence-electron chi connectivity index (χ3n) is 6.02. The van der Waals surface area contributed by atoms with Crippen molar-refractivity contribution < 1.29 is 13.6 Å². The van der Waals surface area contributed by atoms with E-state index in [0.717, 1.165) is 21.9 Å². The molecule has 0 bridgehead atoms. The van der Waals surface area contributed by atoms with Crippen molar-refractivity contribution in [2.45, 2.75) is 57.8 Å². The number of carbonyl (C=O) groups excluding carboxylic acids is 1. The standard InChI is InChI=1S/C23H24N2O4/c1-14-16(7-8-22(26)25-10-9-24)23(27)29-21-12-20-18(11-17(14)21)19(13-28-20)15-5-3-2-4-6-15/h11-13,15H,2-8,10H2,1H3,(H,25,26). The molecule has 0 spiro atoms. The van der Waals surface area contributed by atoms with Crippen molar-refractivity contribution in [1.82, 2.24) is 5.32 Å². The smallest absolute Gasteiger partial charge is 0.339 e. The van der Waals surface area contributed by atoms with Gasteiger partial charge < -0.3 is 14.2 Å². The number of rotatable bonds is 5. The molecule has 6 nitrogen and oxygen atoms in total. The van der Waals surface area contributed by atoms with Crippen molar-refractivity contribution in [2.24, 2.45) is 0 Å². The second-order valence-electron chi connectivity index (χ2n) is 7.80. The minimum Gasteiger partial charge on any atom is -0.464 e. The van der Waals surface area contributed by atoms with E-state index in [-0.39, 0.29) is 25.3 Å². The Bertz CT molecular complexity index is 1160. The Hall–Kier alpha value is -3.07. The Kier molecular flexibility index (Phi) is 5.39. The Balaban J connectivity index is 1.71. The number of nitriles is 1. The third-order valence-corrected chi connectivity index (χ3v) is 6.02.